The Labute approximate surface area is 109 Å². The molecule has 4 heteroatoms. The quantitative estimate of drug-likeness (QED) is 0.734. The van der Waals surface area contributed by atoms with Gasteiger partial charge in [-0.25, -0.2) is 0 Å². The van der Waals surface area contributed by atoms with Crippen molar-refractivity contribution in [1.29, 1.82) is 0 Å². The monoisotopic (exact) mass is 253 g/mol. The SMILES string of the molecule is CC(=O)N1/C(=C\c2ccco2)C(=O)c2ccccc21. The van der Waals surface area contributed by atoms with Crippen molar-refractivity contribution in [3.63, 3.8) is 0 Å². The van der Waals surface area contributed by atoms with E-state index in [1.165, 1.54) is 18.1 Å². The molecule has 0 N–H and O–H groups in total. The normalized spacial score (nSPS) is 15.9. The first-order valence-corrected chi connectivity index (χ1v) is 5.88. The van der Waals surface area contributed by atoms with Crippen molar-refractivity contribution in [2.75, 3.05) is 4.90 Å². The standard InChI is InChI=1S/C15H11NO3/c1-10(17)16-13-7-3-2-6-12(13)15(18)14(16)9-11-5-4-8-19-11/h2-9H,1H3/b14-9-. The Hall–Kier alpha value is -2.62. The van der Waals surface area contributed by atoms with Crippen molar-refractivity contribution in [1.82, 2.24) is 0 Å². The third kappa shape index (κ3) is 1.78. The maximum Gasteiger partial charge on any atom is 0.228 e. The molecule has 0 spiro atoms. The van der Waals surface area contributed by atoms with Gasteiger partial charge in [-0.3, -0.25) is 14.5 Å². The van der Waals surface area contributed by atoms with Crippen molar-refractivity contribution < 1.29 is 14.0 Å². The van der Waals surface area contributed by atoms with Gasteiger partial charge in [0.1, 0.15) is 11.5 Å². The van der Waals surface area contributed by atoms with Gasteiger partial charge in [0.2, 0.25) is 11.7 Å². The van der Waals surface area contributed by atoms with Crippen molar-refractivity contribution >= 4 is 23.5 Å². The van der Waals surface area contributed by atoms with Gasteiger partial charge in [0.05, 0.1) is 12.0 Å². The number of amides is 1. The third-order valence-electron chi connectivity index (χ3n) is 3.00. The van der Waals surface area contributed by atoms with Crippen LogP contribution in [0.5, 0.6) is 0 Å². The number of rotatable bonds is 1. The fourth-order valence-electron chi connectivity index (χ4n) is 2.21. The molecule has 0 aliphatic carbocycles. The molecular formula is C15H11NO3. The lowest BCUT2D eigenvalue weighted by Gasteiger charge is -2.15. The van der Waals surface area contributed by atoms with Gasteiger partial charge < -0.3 is 4.42 Å². The molecule has 0 bridgehead atoms. The highest BCUT2D eigenvalue weighted by Gasteiger charge is 2.34. The maximum absolute atomic E-state index is 12.3. The predicted octanol–water partition coefficient (Wildman–Crippen LogP) is 2.87. The van der Waals surface area contributed by atoms with Crippen LogP contribution in [-0.2, 0) is 4.79 Å². The molecule has 1 aliphatic rings. The minimum Gasteiger partial charge on any atom is -0.465 e. The number of ketones is 1. The van der Waals surface area contributed by atoms with Crippen LogP contribution >= 0.6 is 0 Å². The number of anilines is 1. The van der Waals surface area contributed by atoms with Gasteiger partial charge in [0.25, 0.3) is 0 Å². The minimum absolute atomic E-state index is 0.165. The molecular weight excluding hydrogens is 242 g/mol. The summed E-state index contributed by atoms with van der Waals surface area (Å²) in [6.07, 6.45) is 3.11. The highest BCUT2D eigenvalue weighted by Crippen LogP contribution is 2.35. The minimum atomic E-state index is -0.198. The maximum atomic E-state index is 12.3. The van der Waals surface area contributed by atoms with Crippen LogP contribution in [0.25, 0.3) is 6.08 Å². The molecule has 0 unspecified atom stereocenters. The molecule has 3 rings (SSSR count). The van der Waals surface area contributed by atoms with Crippen LogP contribution in [0.2, 0.25) is 0 Å². The zero-order valence-electron chi connectivity index (χ0n) is 10.3. The van der Waals surface area contributed by atoms with Gasteiger partial charge in [-0.1, -0.05) is 12.1 Å². The molecule has 0 saturated heterocycles. The van der Waals surface area contributed by atoms with Crippen LogP contribution in [0.3, 0.4) is 0 Å². The van der Waals surface area contributed by atoms with E-state index >= 15 is 0 Å². The summed E-state index contributed by atoms with van der Waals surface area (Å²) in [5.41, 5.74) is 1.48. The van der Waals surface area contributed by atoms with Gasteiger partial charge in [0.15, 0.2) is 0 Å². The molecule has 1 amide bonds. The second-order valence-electron chi connectivity index (χ2n) is 4.25. The lowest BCUT2D eigenvalue weighted by molar-refractivity contribution is -0.116. The average molecular weight is 253 g/mol. The topological polar surface area (TPSA) is 50.5 Å². The summed E-state index contributed by atoms with van der Waals surface area (Å²) >= 11 is 0. The molecule has 2 aromatic rings. The number of furan rings is 1. The smallest absolute Gasteiger partial charge is 0.228 e. The van der Waals surface area contributed by atoms with Gasteiger partial charge >= 0.3 is 0 Å². The molecule has 0 atom stereocenters. The summed E-state index contributed by atoms with van der Waals surface area (Å²) in [7, 11) is 0. The molecule has 0 radical (unpaired) electrons. The van der Waals surface area contributed by atoms with E-state index in [0.717, 1.165) is 0 Å². The Morgan fingerprint density at radius 3 is 2.68 bits per heavy atom. The Morgan fingerprint density at radius 2 is 2.00 bits per heavy atom. The lowest BCUT2D eigenvalue weighted by atomic mass is 10.1. The number of hydrogen-bond donors (Lipinski definition) is 0. The molecule has 94 valence electrons. The molecule has 2 heterocycles. The molecule has 1 aromatic carbocycles. The van der Waals surface area contributed by atoms with Gasteiger partial charge in [0, 0.05) is 18.6 Å². The Morgan fingerprint density at radius 1 is 1.21 bits per heavy atom. The lowest BCUT2D eigenvalue weighted by Crippen LogP contribution is -2.25. The first-order chi connectivity index (χ1) is 9.18. The zero-order chi connectivity index (χ0) is 13.4. The molecule has 4 nitrogen and oxygen atoms in total. The Bertz CT molecular complexity index is 683. The number of para-hydroxylation sites is 1. The summed E-state index contributed by atoms with van der Waals surface area (Å²) < 4.78 is 5.20. The number of Topliss-reactive ketones (excluding diaryl/α,β-unsaturated/α-hetero) is 1. The van der Waals surface area contributed by atoms with Gasteiger partial charge in [-0.15, -0.1) is 0 Å². The summed E-state index contributed by atoms with van der Waals surface area (Å²) in [6, 6.07) is 10.5. The number of carbonyl (C=O) groups is 2. The van der Waals surface area contributed by atoms with Gasteiger partial charge in [-0.2, -0.15) is 0 Å². The fourth-order valence-corrected chi connectivity index (χ4v) is 2.21. The average Bonchev–Trinajstić information content (AvgIpc) is 2.98. The van der Waals surface area contributed by atoms with E-state index in [1.807, 2.05) is 0 Å². The Kier molecular flexibility index (Phi) is 2.56. The molecule has 1 aromatic heterocycles. The van der Waals surface area contributed by atoms with Crippen LogP contribution < -0.4 is 4.90 Å². The number of carbonyl (C=O) groups excluding carboxylic acids is 2. The Balaban J connectivity index is 2.16. The number of nitrogens with zero attached hydrogens (tertiary/aromatic N) is 1. The van der Waals surface area contributed by atoms with E-state index in [9.17, 15) is 9.59 Å². The first kappa shape index (κ1) is 11.5. The van der Waals surface area contributed by atoms with Crippen molar-refractivity contribution in [3.05, 3.63) is 59.7 Å². The summed E-state index contributed by atoms with van der Waals surface area (Å²) in [4.78, 5) is 25.5. The van der Waals surface area contributed by atoms with Crippen LogP contribution in [0.4, 0.5) is 5.69 Å². The molecule has 0 saturated carbocycles. The highest BCUT2D eigenvalue weighted by atomic mass is 16.3. The van der Waals surface area contributed by atoms with E-state index < -0.39 is 0 Å². The number of benzene rings is 1. The highest BCUT2D eigenvalue weighted by molar-refractivity contribution is 6.26. The van der Waals surface area contributed by atoms with Crippen molar-refractivity contribution in [2.24, 2.45) is 0 Å². The zero-order valence-corrected chi connectivity index (χ0v) is 10.3. The summed E-state index contributed by atoms with van der Waals surface area (Å²) in [6.45, 7) is 1.44. The number of hydrogen-bond acceptors (Lipinski definition) is 3. The second-order valence-corrected chi connectivity index (χ2v) is 4.25. The first-order valence-electron chi connectivity index (χ1n) is 5.88. The van der Waals surface area contributed by atoms with Crippen LogP contribution in [0.15, 0.2) is 52.8 Å². The summed E-state index contributed by atoms with van der Waals surface area (Å²) in [5, 5.41) is 0. The second kappa shape index (κ2) is 4.24. The molecule has 1 aliphatic heterocycles. The molecule has 0 fully saturated rings. The van der Waals surface area contributed by atoms with E-state index in [2.05, 4.69) is 0 Å². The van der Waals surface area contributed by atoms with E-state index in [0.29, 0.717) is 22.7 Å². The van der Waals surface area contributed by atoms with E-state index in [4.69, 9.17) is 4.42 Å². The fraction of sp³-hybridized carbons (Fsp3) is 0.0667. The number of fused-ring (bicyclic) bond motifs is 1. The van der Waals surface area contributed by atoms with Crippen molar-refractivity contribution in [2.45, 2.75) is 6.92 Å². The molecule has 19 heavy (non-hydrogen) atoms. The largest absolute Gasteiger partial charge is 0.465 e. The van der Waals surface area contributed by atoms with Crippen LogP contribution in [-0.4, -0.2) is 11.7 Å². The predicted molar refractivity (Wildman–Crippen MR) is 70.6 cm³/mol. The van der Waals surface area contributed by atoms with Crippen LogP contribution in [0, 0.1) is 0 Å². The van der Waals surface area contributed by atoms with E-state index in [-0.39, 0.29) is 11.7 Å². The third-order valence-corrected chi connectivity index (χ3v) is 3.00. The van der Waals surface area contributed by atoms with Crippen molar-refractivity contribution in [3.8, 4) is 0 Å². The van der Waals surface area contributed by atoms with E-state index in [1.54, 1.807) is 42.5 Å². The van der Waals surface area contributed by atoms with Crippen LogP contribution in [0.1, 0.15) is 23.0 Å². The summed E-state index contributed by atoms with van der Waals surface area (Å²) in [5.74, 6) is 0.181. The number of allylic oxidation sites excluding steroid dienone is 1. The van der Waals surface area contributed by atoms with Gasteiger partial charge in [-0.05, 0) is 24.3 Å².